The number of amides is 2. The summed E-state index contributed by atoms with van der Waals surface area (Å²) >= 11 is 1.54. The lowest BCUT2D eigenvalue weighted by molar-refractivity contribution is -0.139. The highest BCUT2D eigenvalue weighted by atomic mass is 32.2. The molecule has 3 N–H and O–H groups in total. The Labute approximate surface area is 105 Å². The number of carboxylic acid groups (broad SMARTS) is 1. The molecule has 0 saturated carbocycles. The first-order valence-electron chi connectivity index (χ1n) is 5.45. The number of urea groups is 1. The minimum atomic E-state index is -1.01. The van der Waals surface area contributed by atoms with E-state index in [1.807, 2.05) is 13.2 Å². The summed E-state index contributed by atoms with van der Waals surface area (Å²) in [5.41, 5.74) is 0. The van der Waals surface area contributed by atoms with Gasteiger partial charge < -0.3 is 20.5 Å². The standard InChI is InChI=1S/C10H20N2O4S/c1-3-16-6-5-11-10(15)12-8(9(13)14)4-7-17-2/h8H,3-7H2,1-2H3,(H,13,14)(H2,11,12,15). The molecule has 6 nitrogen and oxygen atoms in total. The lowest BCUT2D eigenvalue weighted by Gasteiger charge is -2.14. The molecule has 0 spiro atoms. The van der Waals surface area contributed by atoms with Crippen molar-refractivity contribution in [3.63, 3.8) is 0 Å². The van der Waals surface area contributed by atoms with Gasteiger partial charge >= 0.3 is 12.0 Å². The van der Waals surface area contributed by atoms with Crippen LogP contribution in [0.1, 0.15) is 13.3 Å². The quantitative estimate of drug-likeness (QED) is 0.529. The zero-order chi connectivity index (χ0) is 13.1. The molecule has 0 heterocycles. The van der Waals surface area contributed by atoms with Crippen LogP contribution in [0.25, 0.3) is 0 Å². The molecule has 1 atom stereocenters. The summed E-state index contributed by atoms with van der Waals surface area (Å²) in [5.74, 6) is -0.324. The van der Waals surface area contributed by atoms with Crippen LogP contribution in [-0.4, -0.2) is 54.9 Å². The lowest BCUT2D eigenvalue weighted by Crippen LogP contribution is -2.47. The summed E-state index contributed by atoms with van der Waals surface area (Å²) in [6, 6.07) is -1.31. The first-order valence-corrected chi connectivity index (χ1v) is 6.85. The Kier molecular flexibility index (Phi) is 9.65. The number of carbonyl (C=O) groups excluding carboxylic acids is 1. The third-order valence-corrected chi connectivity index (χ3v) is 2.59. The third kappa shape index (κ3) is 8.82. The van der Waals surface area contributed by atoms with Gasteiger partial charge in [-0.3, -0.25) is 0 Å². The molecule has 0 bridgehead atoms. The average molecular weight is 264 g/mol. The van der Waals surface area contributed by atoms with Crippen LogP contribution in [0.4, 0.5) is 4.79 Å². The van der Waals surface area contributed by atoms with E-state index in [9.17, 15) is 9.59 Å². The van der Waals surface area contributed by atoms with E-state index in [1.54, 1.807) is 11.8 Å². The van der Waals surface area contributed by atoms with E-state index in [-0.39, 0.29) is 0 Å². The number of thioether (sulfide) groups is 1. The van der Waals surface area contributed by atoms with E-state index in [0.717, 1.165) is 0 Å². The van der Waals surface area contributed by atoms with E-state index in [4.69, 9.17) is 9.84 Å². The van der Waals surface area contributed by atoms with Gasteiger partial charge in [0.2, 0.25) is 0 Å². The van der Waals surface area contributed by atoms with E-state index >= 15 is 0 Å². The number of carbonyl (C=O) groups is 2. The predicted octanol–water partition coefficient (Wildman–Crippen LogP) is 0.528. The van der Waals surface area contributed by atoms with Crippen molar-refractivity contribution in [3.05, 3.63) is 0 Å². The van der Waals surface area contributed by atoms with E-state index in [1.165, 1.54) is 0 Å². The van der Waals surface area contributed by atoms with Crippen molar-refractivity contribution in [3.8, 4) is 0 Å². The van der Waals surface area contributed by atoms with Crippen molar-refractivity contribution in [1.29, 1.82) is 0 Å². The summed E-state index contributed by atoms with van der Waals surface area (Å²) in [5, 5.41) is 13.8. The van der Waals surface area contributed by atoms with Crippen LogP contribution in [0.5, 0.6) is 0 Å². The van der Waals surface area contributed by atoms with Crippen molar-refractivity contribution in [2.75, 3.05) is 31.8 Å². The fourth-order valence-electron chi connectivity index (χ4n) is 1.08. The van der Waals surface area contributed by atoms with Gasteiger partial charge in [-0.05, 0) is 25.4 Å². The zero-order valence-corrected chi connectivity index (χ0v) is 11.0. The molecular formula is C10H20N2O4S. The summed E-state index contributed by atoms with van der Waals surface area (Å²) in [6.07, 6.45) is 2.30. The van der Waals surface area contributed by atoms with E-state index < -0.39 is 18.0 Å². The molecule has 0 aliphatic carbocycles. The SMILES string of the molecule is CCOCCNC(=O)NC(CCSC)C(=O)O. The van der Waals surface area contributed by atoms with Crippen LogP contribution in [0.15, 0.2) is 0 Å². The molecule has 7 heteroatoms. The van der Waals surface area contributed by atoms with Gasteiger partial charge in [0.15, 0.2) is 0 Å². The number of aliphatic carboxylic acids is 1. The molecule has 0 fully saturated rings. The molecule has 0 aliphatic heterocycles. The number of ether oxygens (including phenoxy) is 1. The maximum Gasteiger partial charge on any atom is 0.326 e. The van der Waals surface area contributed by atoms with Gasteiger partial charge in [-0.1, -0.05) is 0 Å². The first-order chi connectivity index (χ1) is 8.11. The molecule has 0 aromatic rings. The summed E-state index contributed by atoms with van der Waals surface area (Å²) < 4.78 is 5.04. The molecule has 100 valence electrons. The highest BCUT2D eigenvalue weighted by molar-refractivity contribution is 7.98. The molecule has 0 aromatic carbocycles. The van der Waals surface area contributed by atoms with Gasteiger partial charge in [-0.15, -0.1) is 0 Å². The maximum absolute atomic E-state index is 11.3. The van der Waals surface area contributed by atoms with Crippen molar-refractivity contribution in [2.45, 2.75) is 19.4 Å². The second kappa shape index (κ2) is 10.2. The zero-order valence-electron chi connectivity index (χ0n) is 10.2. The van der Waals surface area contributed by atoms with E-state index in [0.29, 0.717) is 31.9 Å². The predicted molar refractivity (Wildman–Crippen MR) is 67.5 cm³/mol. The number of carboxylic acids is 1. The van der Waals surface area contributed by atoms with Crippen LogP contribution in [0, 0.1) is 0 Å². The Morgan fingerprint density at radius 1 is 1.47 bits per heavy atom. The molecule has 0 aliphatic rings. The van der Waals surface area contributed by atoms with Crippen LogP contribution in [0.2, 0.25) is 0 Å². The number of nitrogens with one attached hydrogen (secondary N) is 2. The Bertz CT molecular complexity index is 238. The van der Waals surface area contributed by atoms with Crippen molar-refractivity contribution < 1.29 is 19.4 Å². The van der Waals surface area contributed by atoms with Gasteiger partial charge in [-0.25, -0.2) is 9.59 Å². The van der Waals surface area contributed by atoms with Crippen LogP contribution in [-0.2, 0) is 9.53 Å². The molecular weight excluding hydrogens is 244 g/mol. The molecule has 17 heavy (non-hydrogen) atoms. The molecule has 0 saturated heterocycles. The Morgan fingerprint density at radius 2 is 2.18 bits per heavy atom. The Hall–Kier alpha value is -0.950. The summed E-state index contributed by atoms with van der Waals surface area (Å²) in [4.78, 5) is 22.2. The smallest absolute Gasteiger partial charge is 0.326 e. The number of hydrogen-bond donors (Lipinski definition) is 3. The second-order valence-electron chi connectivity index (χ2n) is 3.27. The maximum atomic E-state index is 11.3. The lowest BCUT2D eigenvalue weighted by atomic mass is 10.2. The van der Waals surface area contributed by atoms with Crippen LogP contribution in [0.3, 0.4) is 0 Å². The molecule has 0 aromatic heterocycles. The second-order valence-corrected chi connectivity index (χ2v) is 4.26. The minimum Gasteiger partial charge on any atom is -0.480 e. The molecule has 2 amide bonds. The van der Waals surface area contributed by atoms with E-state index in [2.05, 4.69) is 10.6 Å². The third-order valence-electron chi connectivity index (χ3n) is 1.95. The van der Waals surface area contributed by atoms with Crippen molar-refractivity contribution in [1.82, 2.24) is 10.6 Å². The number of hydrogen-bond acceptors (Lipinski definition) is 4. The minimum absolute atomic E-state index is 0.370. The topological polar surface area (TPSA) is 87.7 Å². The van der Waals surface area contributed by atoms with Gasteiger partial charge in [0.05, 0.1) is 6.61 Å². The fourth-order valence-corrected chi connectivity index (χ4v) is 1.55. The largest absolute Gasteiger partial charge is 0.480 e. The Balaban J connectivity index is 3.83. The van der Waals surface area contributed by atoms with Crippen LogP contribution < -0.4 is 10.6 Å². The highest BCUT2D eigenvalue weighted by Crippen LogP contribution is 2.00. The molecule has 1 unspecified atom stereocenters. The van der Waals surface area contributed by atoms with Crippen LogP contribution >= 0.6 is 11.8 Å². The van der Waals surface area contributed by atoms with Gasteiger partial charge in [0, 0.05) is 13.2 Å². The molecule has 0 radical (unpaired) electrons. The number of rotatable bonds is 9. The molecule has 0 rings (SSSR count). The summed E-state index contributed by atoms with van der Waals surface area (Å²) in [6.45, 7) is 3.25. The van der Waals surface area contributed by atoms with Crippen molar-refractivity contribution in [2.24, 2.45) is 0 Å². The van der Waals surface area contributed by atoms with Gasteiger partial charge in [0.1, 0.15) is 6.04 Å². The van der Waals surface area contributed by atoms with Gasteiger partial charge in [-0.2, -0.15) is 11.8 Å². The van der Waals surface area contributed by atoms with Crippen molar-refractivity contribution >= 4 is 23.8 Å². The highest BCUT2D eigenvalue weighted by Gasteiger charge is 2.18. The first kappa shape index (κ1) is 16.1. The van der Waals surface area contributed by atoms with Gasteiger partial charge in [0.25, 0.3) is 0 Å². The Morgan fingerprint density at radius 3 is 2.71 bits per heavy atom. The summed E-state index contributed by atoms with van der Waals surface area (Å²) in [7, 11) is 0. The average Bonchev–Trinajstić information content (AvgIpc) is 2.29. The normalized spacial score (nSPS) is 11.9. The monoisotopic (exact) mass is 264 g/mol. The fraction of sp³-hybridized carbons (Fsp3) is 0.800.